The van der Waals surface area contributed by atoms with Gasteiger partial charge in [0, 0.05) is 11.5 Å². The zero-order chi connectivity index (χ0) is 13.9. The van der Waals surface area contributed by atoms with Crippen LogP contribution in [0.3, 0.4) is 0 Å². The van der Waals surface area contributed by atoms with Gasteiger partial charge in [-0.3, -0.25) is 0 Å². The Bertz CT molecular complexity index is 631. The molecular weight excluding hydrogens is 248 g/mol. The summed E-state index contributed by atoms with van der Waals surface area (Å²) in [6.45, 7) is 0. The van der Waals surface area contributed by atoms with Crippen LogP contribution in [-0.4, -0.2) is 10.2 Å². The highest BCUT2D eigenvalue weighted by atomic mass is 16.3. The molecule has 0 amide bonds. The van der Waals surface area contributed by atoms with Crippen molar-refractivity contribution in [2.45, 2.75) is 24.7 Å². The van der Waals surface area contributed by atoms with Crippen molar-refractivity contribution in [2.24, 2.45) is 0 Å². The molecule has 0 bridgehead atoms. The van der Waals surface area contributed by atoms with E-state index in [0.717, 1.165) is 24.0 Å². The monoisotopic (exact) mass is 266 g/mol. The number of aromatic hydroxyl groups is 2. The van der Waals surface area contributed by atoms with Crippen molar-refractivity contribution in [3.05, 3.63) is 71.8 Å². The van der Waals surface area contributed by atoms with Crippen LogP contribution in [0.15, 0.2) is 60.7 Å². The Kier molecular flexibility index (Phi) is 3.46. The Balaban J connectivity index is 2.04. The normalized spacial score (nSPS) is 21.8. The van der Waals surface area contributed by atoms with Crippen molar-refractivity contribution >= 4 is 0 Å². The molecule has 1 aliphatic carbocycles. The lowest BCUT2D eigenvalue weighted by Crippen LogP contribution is -2.13. The van der Waals surface area contributed by atoms with Gasteiger partial charge in [0.25, 0.3) is 0 Å². The highest BCUT2D eigenvalue weighted by Gasteiger charge is 2.28. The maximum Gasteiger partial charge on any atom is 0.119 e. The summed E-state index contributed by atoms with van der Waals surface area (Å²) in [6.07, 6.45) is 6.29. The van der Waals surface area contributed by atoms with Gasteiger partial charge < -0.3 is 10.2 Å². The van der Waals surface area contributed by atoms with Crippen LogP contribution in [0.25, 0.3) is 0 Å². The fourth-order valence-corrected chi connectivity index (χ4v) is 3.07. The molecule has 2 aromatic carbocycles. The number of hydrogen-bond donors (Lipinski definition) is 2. The summed E-state index contributed by atoms with van der Waals surface area (Å²) in [5.74, 6) is 0.977. The third kappa shape index (κ3) is 2.29. The van der Waals surface area contributed by atoms with Crippen molar-refractivity contribution in [2.75, 3.05) is 0 Å². The van der Waals surface area contributed by atoms with Crippen LogP contribution in [0.4, 0.5) is 0 Å². The van der Waals surface area contributed by atoms with Gasteiger partial charge in [-0.1, -0.05) is 48.6 Å². The van der Waals surface area contributed by atoms with E-state index >= 15 is 0 Å². The lowest BCUT2D eigenvalue weighted by Gasteiger charge is -2.29. The molecule has 20 heavy (non-hydrogen) atoms. The number of hydrogen-bond acceptors (Lipinski definition) is 2. The Hall–Kier alpha value is -2.22. The largest absolute Gasteiger partial charge is 0.508 e. The van der Waals surface area contributed by atoms with E-state index in [1.165, 1.54) is 0 Å². The highest BCUT2D eigenvalue weighted by Crippen LogP contribution is 2.45. The van der Waals surface area contributed by atoms with Gasteiger partial charge in [-0.15, -0.1) is 0 Å². The fraction of sp³-hybridized carbons (Fsp3) is 0.222. The second-order valence-corrected chi connectivity index (χ2v) is 5.26. The second kappa shape index (κ2) is 5.41. The molecule has 2 heteroatoms. The number of rotatable bonds is 2. The molecule has 0 heterocycles. The van der Waals surface area contributed by atoms with E-state index < -0.39 is 0 Å². The van der Waals surface area contributed by atoms with E-state index in [1.807, 2.05) is 36.4 Å². The van der Waals surface area contributed by atoms with E-state index in [2.05, 4.69) is 12.2 Å². The molecular formula is C18H18O2. The van der Waals surface area contributed by atoms with Gasteiger partial charge in [-0.25, -0.2) is 0 Å². The van der Waals surface area contributed by atoms with Crippen LogP contribution >= 0.6 is 0 Å². The average Bonchev–Trinajstić information content (AvgIpc) is 2.48. The summed E-state index contributed by atoms with van der Waals surface area (Å²) in [6, 6.07) is 15.0. The number of phenols is 2. The van der Waals surface area contributed by atoms with Crippen LogP contribution in [-0.2, 0) is 0 Å². The first-order chi connectivity index (χ1) is 9.77. The first-order valence-corrected chi connectivity index (χ1v) is 7.00. The Morgan fingerprint density at radius 1 is 0.800 bits per heavy atom. The molecule has 0 saturated heterocycles. The van der Waals surface area contributed by atoms with E-state index in [4.69, 9.17) is 0 Å². The van der Waals surface area contributed by atoms with Gasteiger partial charge in [-0.2, -0.15) is 0 Å². The summed E-state index contributed by atoms with van der Waals surface area (Å²) < 4.78 is 0. The molecule has 2 N–H and O–H groups in total. The van der Waals surface area contributed by atoms with Gasteiger partial charge in [0.2, 0.25) is 0 Å². The van der Waals surface area contributed by atoms with Crippen molar-refractivity contribution < 1.29 is 10.2 Å². The smallest absolute Gasteiger partial charge is 0.119 e. The zero-order valence-electron chi connectivity index (χ0n) is 11.2. The van der Waals surface area contributed by atoms with E-state index in [9.17, 15) is 10.2 Å². The molecule has 3 rings (SSSR count). The fourth-order valence-electron chi connectivity index (χ4n) is 3.07. The molecule has 0 radical (unpaired) electrons. The predicted octanol–water partition coefficient (Wildman–Crippen LogP) is 4.32. The molecule has 1 aliphatic rings. The summed E-state index contributed by atoms with van der Waals surface area (Å²) in [7, 11) is 0. The molecule has 0 aromatic heterocycles. The summed E-state index contributed by atoms with van der Waals surface area (Å²) in [5.41, 5.74) is 1.89. The third-order valence-electron chi connectivity index (χ3n) is 4.05. The van der Waals surface area contributed by atoms with E-state index in [-0.39, 0.29) is 11.8 Å². The van der Waals surface area contributed by atoms with Crippen molar-refractivity contribution in [1.29, 1.82) is 0 Å². The van der Waals surface area contributed by atoms with Crippen molar-refractivity contribution in [1.82, 2.24) is 0 Å². The molecule has 0 aliphatic heterocycles. The molecule has 102 valence electrons. The van der Waals surface area contributed by atoms with Gasteiger partial charge in [0.05, 0.1) is 0 Å². The SMILES string of the molecule is Oc1ccccc1[C@H]1C=CCC[C@@H]1c1ccccc1O. The maximum atomic E-state index is 10.1. The number of benzene rings is 2. The molecule has 2 nitrogen and oxygen atoms in total. The Morgan fingerprint density at radius 2 is 1.40 bits per heavy atom. The zero-order valence-corrected chi connectivity index (χ0v) is 11.2. The first-order valence-electron chi connectivity index (χ1n) is 7.00. The predicted molar refractivity (Wildman–Crippen MR) is 80.1 cm³/mol. The summed E-state index contributed by atoms with van der Waals surface area (Å²) in [5, 5.41) is 20.2. The highest BCUT2D eigenvalue weighted by molar-refractivity contribution is 5.44. The minimum absolute atomic E-state index is 0.109. The molecule has 0 saturated carbocycles. The Labute approximate surface area is 119 Å². The number of para-hydroxylation sites is 2. The molecule has 2 atom stereocenters. The van der Waals surface area contributed by atoms with Gasteiger partial charge in [0.15, 0.2) is 0 Å². The molecule has 0 fully saturated rings. The van der Waals surface area contributed by atoms with Crippen LogP contribution in [0.1, 0.15) is 35.8 Å². The quantitative estimate of drug-likeness (QED) is 0.795. The van der Waals surface area contributed by atoms with Crippen LogP contribution < -0.4 is 0 Å². The molecule has 0 spiro atoms. The van der Waals surface area contributed by atoms with Crippen LogP contribution in [0, 0.1) is 0 Å². The first kappa shape index (κ1) is 12.8. The Morgan fingerprint density at radius 3 is 2.05 bits per heavy atom. The maximum absolute atomic E-state index is 10.1. The molecule has 2 aromatic rings. The molecule has 0 unspecified atom stereocenters. The van der Waals surface area contributed by atoms with Crippen LogP contribution in [0.2, 0.25) is 0 Å². The second-order valence-electron chi connectivity index (χ2n) is 5.26. The minimum Gasteiger partial charge on any atom is -0.508 e. The van der Waals surface area contributed by atoms with E-state index in [0.29, 0.717) is 11.5 Å². The third-order valence-corrected chi connectivity index (χ3v) is 4.05. The summed E-state index contributed by atoms with van der Waals surface area (Å²) in [4.78, 5) is 0. The van der Waals surface area contributed by atoms with Crippen LogP contribution in [0.5, 0.6) is 11.5 Å². The minimum atomic E-state index is 0.109. The topological polar surface area (TPSA) is 40.5 Å². The standard InChI is InChI=1S/C18H18O2/c19-17-11-5-3-9-15(17)13-7-1-2-8-14(13)16-10-4-6-12-18(16)20/h1,3-7,9-14,19-20H,2,8H2/t13-,14-/m0/s1. The van der Waals surface area contributed by atoms with E-state index in [1.54, 1.807) is 12.1 Å². The van der Waals surface area contributed by atoms with Gasteiger partial charge in [-0.05, 0) is 36.5 Å². The van der Waals surface area contributed by atoms with Gasteiger partial charge >= 0.3 is 0 Å². The number of phenolic OH excluding ortho intramolecular Hbond substituents is 2. The number of allylic oxidation sites excluding steroid dienone is 2. The summed E-state index contributed by atoms with van der Waals surface area (Å²) >= 11 is 0. The lowest BCUT2D eigenvalue weighted by molar-refractivity contribution is 0.435. The lowest BCUT2D eigenvalue weighted by atomic mass is 9.75. The average molecular weight is 266 g/mol. The van der Waals surface area contributed by atoms with Crippen molar-refractivity contribution in [3.63, 3.8) is 0 Å². The van der Waals surface area contributed by atoms with Crippen molar-refractivity contribution in [3.8, 4) is 11.5 Å². The van der Waals surface area contributed by atoms with Gasteiger partial charge in [0.1, 0.15) is 11.5 Å².